The van der Waals surface area contributed by atoms with E-state index in [4.69, 9.17) is 5.73 Å². The molecule has 2 aliphatic rings. The Morgan fingerprint density at radius 1 is 1.19 bits per heavy atom. The Labute approximate surface area is 96.2 Å². The molecule has 0 amide bonds. The SMILES string of the molecule is CC(N)C1CCCn2c(C3CCC3)nnc21. The van der Waals surface area contributed by atoms with Gasteiger partial charge in [0.15, 0.2) is 0 Å². The highest BCUT2D eigenvalue weighted by Crippen LogP contribution is 2.38. The molecule has 0 aromatic carbocycles. The third-order valence-corrected chi connectivity index (χ3v) is 4.14. The van der Waals surface area contributed by atoms with Crippen LogP contribution >= 0.6 is 0 Å². The van der Waals surface area contributed by atoms with E-state index in [0.29, 0.717) is 11.8 Å². The zero-order valence-corrected chi connectivity index (χ0v) is 9.89. The van der Waals surface area contributed by atoms with Crippen LogP contribution in [0.1, 0.15) is 62.5 Å². The average molecular weight is 220 g/mol. The van der Waals surface area contributed by atoms with Gasteiger partial charge in [0.2, 0.25) is 0 Å². The minimum atomic E-state index is 0.192. The van der Waals surface area contributed by atoms with Crippen LogP contribution in [0.5, 0.6) is 0 Å². The lowest BCUT2D eigenvalue weighted by Crippen LogP contribution is -2.31. The molecule has 0 spiro atoms. The fourth-order valence-electron chi connectivity index (χ4n) is 2.90. The van der Waals surface area contributed by atoms with Crippen LogP contribution in [-0.2, 0) is 6.54 Å². The van der Waals surface area contributed by atoms with Gasteiger partial charge in [0.1, 0.15) is 11.6 Å². The number of rotatable bonds is 2. The maximum absolute atomic E-state index is 6.03. The molecule has 88 valence electrons. The van der Waals surface area contributed by atoms with Crippen molar-refractivity contribution in [2.45, 2.75) is 63.5 Å². The predicted molar refractivity (Wildman–Crippen MR) is 62.2 cm³/mol. The molecule has 1 aromatic rings. The van der Waals surface area contributed by atoms with Gasteiger partial charge in [0.05, 0.1) is 0 Å². The summed E-state index contributed by atoms with van der Waals surface area (Å²) in [6, 6.07) is 0.192. The molecule has 2 unspecified atom stereocenters. The van der Waals surface area contributed by atoms with Gasteiger partial charge < -0.3 is 10.3 Å². The molecule has 4 heteroatoms. The molecule has 2 atom stereocenters. The van der Waals surface area contributed by atoms with Crippen LogP contribution in [0, 0.1) is 0 Å². The maximum atomic E-state index is 6.03. The Kier molecular flexibility index (Phi) is 2.46. The van der Waals surface area contributed by atoms with Crippen molar-refractivity contribution in [3.05, 3.63) is 11.6 Å². The molecule has 4 nitrogen and oxygen atoms in total. The maximum Gasteiger partial charge on any atom is 0.137 e. The molecular weight excluding hydrogens is 200 g/mol. The first-order chi connectivity index (χ1) is 7.77. The highest BCUT2D eigenvalue weighted by atomic mass is 15.3. The lowest BCUT2D eigenvalue weighted by molar-refractivity contribution is 0.356. The van der Waals surface area contributed by atoms with Crippen LogP contribution in [0.25, 0.3) is 0 Å². The first-order valence-electron chi connectivity index (χ1n) is 6.46. The van der Waals surface area contributed by atoms with Crippen molar-refractivity contribution in [3.63, 3.8) is 0 Å². The summed E-state index contributed by atoms with van der Waals surface area (Å²) in [6.45, 7) is 3.18. The van der Waals surface area contributed by atoms with Crippen LogP contribution in [0.4, 0.5) is 0 Å². The van der Waals surface area contributed by atoms with Gasteiger partial charge in [-0.2, -0.15) is 0 Å². The summed E-state index contributed by atoms with van der Waals surface area (Å²) in [5.74, 6) is 3.46. The zero-order chi connectivity index (χ0) is 11.1. The average Bonchev–Trinajstić information content (AvgIpc) is 2.59. The van der Waals surface area contributed by atoms with E-state index in [0.717, 1.165) is 12.4 Å². The Morgan fingerprint density at radius 3 is 2.56 bits per heavy atom. The summed E-state index contributed by atoms with van der Waals surface area (Å²) < 4.78 is 2.35. The van der Waals surface area contributed by atoms with Crippen molar-refractivity contribution in [1.82, 2.24) is 14.8 Å². The van der Waals surface area contributed by atoms with E-state index >= 15 is 0 Å². The molecule has 2 heterocycles. The summed E-state index contributed by atoms with van der Waals surface area (Å²) in [5, 5.41) is 8.81. The molecule has 3 rings (SSSR count). The second kappa shape index (κ2) is 3.84. The van der Waals surface area contributed by atoms with Gasteiger partial charge in [0.25, 0.3) is 0 Å². The summed E-state index contributed by atoms with van der Waals surface area (Å²) in [6.07, 6.45) is 6.32. The fraction of sp³-hybridized carbons (Fsp3) is 0.833. The third-order valence-electron chi connectivity index (χ3n) is 4.14. The van der Waals surface area contributed by atoms with Crippen molar-refractivity contribution in [2.24, 2.45) is 5.73 Å². The van der Waals surface area contributed by atoms with Crippen LogP contribution in [0.15, 0.2) is 0 Å². The van der Waals surface area contributed by atoms with Crippen molar-refractivity contribution in [2.75, 3.05) is 0 Å². The lowest BCUT2D eigenvalue weighted by atomic mass is 9.84. The third kappa shape index (κ3) is 1.47. The molecular formula is C12H20N4. The van der Waals surface area contributed by atoms with Gasteiger partial charge in [-0.3, -0.25) is 0 Å². The standard InChI is InChI=1S/C12H20N4/c1-8(13)10-6-3-7-16-11(9-4-2-5-9)14-15-12(10)16/h8-10H,2-7,13H2,1H3. The molecule has 0 saturated heterocycles. The smallest absolute Gasteiger partial charge is 0.137 e. The molecule has 16 heavy (non-hydrogen) atoms. The van der Waals surface area contributed by atoms with Gasteiger partial charge in [-0.25, -0.2) is 0 Å². The van der Waals surface area contributed by atoms with Crippen LogP contribution < -0.4 is 5.73 Å². The van der Waals surface area contributed by atoms with Gasteiger partial charge in [0, 0.05) is 24.4 Å². The molecule has 0 radical (unpaired) electrons. The summed E-state index contributed by atoms with van der Waals surface area (Å²) in [7, 11) is 0. The largest absolute Gasteiger partial charge is 0.327 e. The fourth-order valence-corrected chi connectivity index (χ4v) is 2.90. The number of nitrogens with zero attached hydrogens (tertiary/aromatic N) is 3. The van der Waals surface area contributed by atoms with E-state index < -0.39 is 0 Å². The number of fused-ring (bicyclic) bond motifs is 1. The first-order valence-corrected chi connectivity index (χ1v) is 6.46. The van der Waals surface area contributed by atoms with Gasteiger partial charge in [-0.15, -0.1) is 10.2 Å². The van der Waals surface area contributed by atoms with Crippen LogP contribution in [-0.4, -0.2) is 20.8 Å². The lowest BCUT2D eigenvalue weighted by Gasteiger charge is -2.29. The topological polar surface area (TPSA) is 56.7 Å². The number of aromatic nitrogens is 3. The van der Waals surface area contributed by atoms with Crippen molar-refractivity contribution in [1.29, 1.82) is 0 Å². The molecule has 0 bridgehead atoms. The summed E-state index contributed by atoms with van der Waals surface area (Å²) in [5.41, 5.74) is 6.03. The molecule has 1 saturated carbocycles. The molecule has 2 N–H and O–H groups in total. The zero-order valence-electron chi connectivity index (χ0n) is 9.89. The first kappa shape index (κ1) is 10.3. The predicted octanol–water partition coefficient (Wildman–Crippen LogP) is 1.77. The normalized spacial score (nSPS) is 27.2. The monoisotopic (exact) mass is 220 g/mol. The highest BCUT2D eigenvalue weighted by molar-refractivity contribution is 5.12. The van der Waals surface area contributed by atoms with Gasteiger partial charge in [-0.1, -0.05) is 6.42 Å². The van der Waals surface area contributed by atoms with Crippen LogP contribution in [0.3, 0.4) is 0 Å². The van der Waals surface area contributed by atoms with E-state index in [2.05, 4.69) is 21.7 Å². The molecule has 1 aliphatic carbocycles. The number of hydrogen-bond acceptors (Lipinski definition) is 3. The molecule has 1 aliphatic heterocycles. The van der Waals surface area contributed by atoms with E-state index in [-0.39, 0.29) is 6.04 Å². The van der Waals surface area contributed by atoms with Crippen LogP contribution in [0.2, 0.25) is 0 Å². The highest BCUT2D eigenvalue weighted by Gasteiger charge is 2.32. The van der Waals surface area contributed by atoms with Crippen molar-refractivity contribution < 1.29 is 0 Å². The quantitative estimate of drug-likeness (QED) is 0.826. The van der Waals surface area contributed by atoms with E-state index in [1.807, 2.05) is 0 Å². The minimum absolute atomic E-state index is 0.192. The Balaban J connectivity index is 1.94. The second-order valence-corrected chi connectivity index (χ2v) is 5.30. The Morgan fingerprint density at radius 2 is 1.94 bits per heavy atom. The van der Waals surface area contributed by atoms with Crippen molar-refractivity contribution >= 4 is 0 Å². The Bertz CT molecular complexity index is 378. The van der Waals surface area contributed by atoms with E-state index in [9.17, 15) is 0 Å². The summed E-state index contributed by atoms with van der Waals surface area (Å²) >= 11 is 0. The summed E-state index contributed by atoms with van der Waals surface area (Å²) in [4.78, 5) is 0. The van der Waals surface area contributed by atoms with Gasteiger partial charge >= 0.3 is 0 Å². The van der Waals surface area contributed by atoms with Gasteiger partial charge in [-0.05, 0) is 32.6 Å². The Hall–Kier alpha value is -0.900. The number of nitrogens with two attached hydrogens (primary N) is 1. The molecule has 1 aromatic heterocycles. The van der Waals surface area contributed by atoms with E-state index in [1.54, 1.807) is 0 Å². The molecule has 1 fully saturated rings. The minimum Gasteiger partial charge on any atom is -0.327 e. The number of hydrogen-bond donors (Lipinski definition) is 1. The second-order valence-electron chi connectivity index (χ2n) is 5.30. The van der Waals surface area contributed by atoms with E-state index in [1.165, 1.54) is 37.9 Å². The van der Waals surface area contributed by atoms with Crippen molar-refractivity contribution in [3.8, 4) is 0 Å².